The Bertz CT molecular complexity index is 1120. The number of aromatic nitrogens is 1. The van der Waals surface area contributed by atoms with E-state index in [0.717, 1.165) is 24.1 Å². The molecule has 2 aromatic carbocycles. The van der Waals surface area contributed by atoms with Crippen molar-refractivity contribution in [1.29, 1.82) is 0 Å². The van der Waals surface area contributed by atoms with Crippen molar-refractivity contribution in [1.82, 2.24) is 4.98 Å². The van der Waals surface area contributed by atoms with Gasteiger partial charge in [-0.25, -0.2) is 4.98 Å². The highest BCUT2D eigenvalue weighted by Gasteiger charge is 2.43. The highest BCUT2D eigenvalue weighted by atomic mass is 32.1. The molecule has 0 saturated carbocycles. The first-order valence-corrected chi connectivity index (χ1v) is 14.6. The lowest BCUT2D eigenvalue weighted by Gasteiger charge is -2.30. The van der Waals surface area contributed by atoms with Crippen molar-refractivity contribution in [2.75, 3.05) is 4.90 Å². The van der Waals surface area contributed by atoms with Gasteiger partial charge in [-0.1, -0.05) is 56.8 Å². The molecule has 1 atom stereocenters. The van der Waals surface area contributed by atoms with Gasteiger partial charge in [0.1, 0.15) is 8.07 Å². The molecule has 1 heterocycles. The zero-order valence-electron chi connectivity index (χ0n) is 17.9. The van der Waals surface area contributed by atoms with Crippen molar-refractivity contribution in [2.24, 2.45) is 5.41 Å². The van der Waals surface area contributed by atoms with Gasteiger partial charge in [-0.05, 0) is 48.2 Å². The van der Waals surface area contributed by atoms with Crippen LogP contribution in [0.4, 0.5) is 10.8 Å². The van der Waals surface area contributed by atoms with Crippen molar-refractivity contribution >= 4 is 36.1 Å². The number of carbonyl (C=O) groups is 1. The van der Waals surface area contributed by atoms with Crippen LogP contribution in [0.15, 0.2) is 60.1 Å². The standard InChI is InChI=1S/C25H26N2OSSi/c1-25(17-20-11-10-19(16-21(20)18-25)12-15-30(2,3)4)23(28)27(24-26-13-14-29-24)22-8-6-5-7-9-22/h5-11,13-14,16H,17-18H2,1-4H3. The lowest BCUT2D eigenvalue weighted by atomic mass is 9.85. The number of para-hydroxylation sites is 1. The Morgan fingerprint density at radius 2 is 1.83 bits per heavy atom. The fraction of sp³-hybridized carbons (Fsp3) is 0.280. The summed E-state index contributed by atoms with van der Waals surface area (Å²) < 4.78 is 0. The number of carbonyl (C=O) groups excluding carboxylic acids is 1. The number of thiazole rings is 1. The highest BCUT2D eigenvalue weighted by molar-refractivity contribution is 7.13. The van der Waals surface area contributed by atoms with Gasteiger partial charge in [-0.2, -0.15) is 0 Å². The first-order chi connectivity index (χ1) is 14.3. The highest BCUT2D eigenvalue weighted by Crippen LogP contribution is 2.41. The van der Waals surface area contributed by atoms with Gasteiger partial charge in [-0.3, -0.25) is 9.69 Å². The summed E-state index contributed by atoms with van der Waals surface area (Å²) >= 11 is 1.49. The number of nitrogens with zero attached hydrogens (tertiary/aromatic N) is 2. The second-order valence-corrected chi connectivity index (χ2v) is 14.8. The van der Waals surface area contributed by atoms with Gasteiger partial charge in [0.15, 0.2) is 5.13 Å². The Morgan fingerprint density at radius 3 is 2.50 bits per heavy atom. The summed E-state index contributed by atoms with van der Waals surface area (Å²) in [6.07, 6.45) is 3.20. The molecule has 0 aliphatic heterocycles. The smallest absolute Gasteiger partial charge is 0.239 e. The molecule has 3 nitrogen and oxygen atoms in total. The first kappa shape index (κ1) is 20.6. The number of hydrogen-bond acceptors (Lipinski definition) is 3. The molecule has 1 aliphatic carbocycles. The fourth-order valence-electron chi connectivity index (χ4n) is 3.84. The van der Waals surface area contributed by atoms with E-state index in [1.165, 1.54) is 22.5 Å². The first-order valence-electron chi connectivity index (χ1n) is 10.2. The monoisotopic (exact) mass is 430 g/mol. The van der Waals surface area contributed by atoms with E-state index < -0.39 is 13.5 Å². The summed E-state index contributed by atoms with van der Waals surface area (Å²) in [6, 6.07) is 16.2. The summed E-state index contributed by atoms with van der Waals surface area (Å²) in [4.78, 5) is 20.1. The summed E-state index contributed by atoms with van der Waals surface area (Å²) in [5.74, 6) is 3.44. The third kappa shape index (κ3) is 4.25. The van der Waals surface area contributed by atoms with Crippen LogP contribution in [0.2, 0.25) is 19.6 Å². The van der Waals surface area contributed by atoms with Crippen LogP contribution in [-0.4, -0.2) is 19.0 Å². The van der Waals surface area contributed by atoms with Crippen LogP contribution in [0.5, 0.6) is 0 Å². The van der Waals surface area contributed by atoms with Gasteiger partial charge < -0.3 is 0 Å². The fourth-order valence-corrected chi connectivity index (χ4v) is 5.02. The molecule has 0 saturated heterocycles. The molecule has 4 rings (SSSR count). The molecule has 0 N–H and O–H groups in total. The van der Waals surface area contributed by atoms with Crippen molar-refractivity contribution in [2.45, 2.75) is 39.4 Å². The van der Waals surface area contributed by atoms with E-state index in [4.69, 9.17) is 0 Å². The minimum Gasteiger partial charge on any atom is -0.273 e. The average molecular weight is 431 g/mol. The molecule has 1 unspecified atom stereocenters. The van der Waals surface area contributed by atoms with Crippen LogP contribution >= 0.6 is 11.3 Å². The van der Waals surface area contributed by atoms with Crippen molar-refractivity contribution < 1.29 is 4.79 Å². The molecule has 152 valence electrons. The molecule has 30 heavy (non-hydrogen) atoms. The second-order valence-electron chi connectivity index (χ2n) is 9.19. The van der Waals surface area contributed by atoms with Crippen molar-refractivity contribution in [3.8, 4) is 11.5 Å². The summed E-state index contributed by atoms with van der Waals surface area (Å²) in [5, 5.41) is 2.62. The Morgan fingerprint density at radius 1 is 1.10 bits per heavy atom. The van der Waals surface area contributed by atoms with Crippen LogP contribution in [0, 0.1) is 16.9 Å². The van der Waals surface area contributed by atoms with Crippen LogP contribution in [0.1, 0.15) is 23.6 Å². The predicted molar refractivity (Wildman–Crippen MR) is 128 cm³/mol. The zero-order chi connectivity index (χ0) is 21.4. The quantitative estimate of drug-likeness (QED) is 0.386. The largest absolute Gasteiger partial charge is 0.273 e. The Hall–Kier alpha value is -2.68. The number of fused-ring (bicyclic) bond motifs is 1. The normalized spacial score (nSPS) is 17.7. The molecule has 1 amide bonds. The molecule has 0 radical (unpaired) electrons. The lowest BCUT2D eigenvalue weighted by molar-refractivity contribution is -0.126. The van der Waals surface area contributed by atoms with Crippen molar-refractivity contribution in [3.63, 3.8) is 0 Å². The van der Waals surface area contributed by atoms with E-state index in [0.29, 0.717) is 5.13 Å². The molecular weight excluding hydrogens is 404 g/mol. The van der Waals surface area contributed by atoms with E-state index in [2.05, 4.69) is 61.2 Å². The van der Waals surface area contributed by atoms with E-state index in [9.17, 15) is 4.79 Å². The van der Waals surface area contributed by atoms with Crippen LogP contribution in [0.25, 0.3) is 0 Å². The van der Waals surface area contributed by atoms with E-state index >= 15 is 0 Å². The topological polar surface area (TPSA) is 33.2 Å². The number of amides is 1. The average Bonchev–Trinajstić information content (AvgIpc) is 3.34. The third-order valence-electron chi connectivity index (χ3n) is 5.29. The Balaban J connectivity index is 1.65. The Labute approximate surface area is 183 Å². The molecule has 0 bridgehead atoms. The molecule has 5 heteroatoms. The number of rotatable bonds is 3. The van der Waals surface area contributed by atoms with Gasteiger partial charge in [0.05, 0.1) is 11.1 Å². The molecule has 0 fully saturated rings. The lowest BCUT2D eigenvalue weighted by Crippen LogP contribution is -2.40. The maximum Gasteiger partial charge on any atom is 0.239 e. The van der Waals surface area contributed by atoms with Gasteiger partial charge in [0.25, 0.3) is 0 Å². The number of hydrogen-bond donors (Lipinski definition) is 0. The van der Waals surface area contributed by atoms with Crippen LogP contribution in [-0.2, 0) is 17.6 Å². The summed E-state index contributed by atoms with van der Waals surface area (Å²) in [7, 11) is -1.42. The summed E-state index contributed by atoms with van der Waals surface area (Å²) in [5.41, 5.74) is 7.32. The number of anilines is 2. The van der Waals surface area contributed by atoms with E-state index in [-0.39, 0.29) is 5.91 Å². The van der Waals surface area contributed by atoms with Crippen molar-refractivity contribution in [3.05, 3.63) is 76.8 Å². The molecular formula is C25H26N2OSSi. The molecule has 0 spiro atoms. The van der Waals surface area contributed by atoms with E-state index in [1.807, 2.05) is 35.7 Å². The summed E-state index contributed by atoms with van der Waals surface area (Å²) in [6.45, 7) is 8.83. The minimum absolute atomic E-state index is 0.0922. The zero-order valence-corrected chi connectivity index (χ0v) is 19.7. The molecule has 3 aromatic rings. The SMILES string of the molecule is CC1(C(=O)N(c2ccccc2)c2nccs2)Cc2ccc(C#C[Si](C)(C)C)cc2C1. The van der Waals surface area contributed by atoms with Gasteiger partial charge >= 0.3 is 0 Å². The van der Waals surface area contributed by atoms with E-state index in [1.54, 1.807) is 11.1 Å². The number of benzene rings is 2. The molecule has 1 aliphatic rings. The minimum atomic E-state index is -1.42. The Kier molecular flexibility index (Phi) is 5.39. The van der Waals surface area contributed by atoms with Crippen LogP contribution in [0.3, 0.4) is 0 Å². The van der Waals surface area contributed by atoms with Gasteiger partial charge in [-0.15, -0.1) is 16.9 Å². The second kappa shape index (κ2) is 7.86. The predicted octanol–water partition coefficient (Wildman–Crippen LogP) is 5.84. The molecule has 1 aromatic heterocycles. The maximum absolute atomic E-state index is 13.8. The maximum atomic E-state index is 13.8. The van der Waals surface area contributed by atoms with Crippen LogP contribution < -0.4 is 4.90 Å². The third-order valence-corrected chi connectivity index (χ3v) is 6.93. The van der Waals surface area contributed by atoms with Gasteiger partial charge in [0, 0.05) is 17.1 Å². The van der Waals surface area contributed by atoms with Gasteiger partial charge in [0.2, 0.25) is 5.91 Å².